The molecule has 0 aliphatic heterocycles. The molecular weight excluding hydrogens is 450 g/mol. The SMILES string of the molecule is Cc1ccc(Oc2cccc(CNC(CCC(CO)Cc3ccccc3)Cc3cccs3)c2)cc1. The van der Waals surface area contributed by atoms with E-state index in [1.165, 1.54) is 21.6 Å². The van der Waals surface area contributed by atoms with Crippen molar-refractivity contribution in [3.8, 4) is 11.5 Å². The van der Waals surface area contributed by atoms with Gasteiger partial charge < -0.3 is 15.2 Å². The van der Waals surface area contributed by atoms with E-state index in [9.17, 15) is 5.11 Å². The predicted molar refractivity (Wildman–Crippen MR) is 146 cm³/mol. The number of rotatable bonds is 13. The van der Waals surface area contributed by atoms with Crippen LogP contribution in [0.3, 0.4) is 0 Å². The zero-order valence-corrected chi connectivity index (χ0v) is 21.2. The van der Waals surface area contributed by atoms with Crippen LogP contribution in [-0.2, 0) is 19.4 Å². The van der Waals surface area contributed by atoms with Crippen molar-refractivity contribution >= 4 is 11.3 Å². The molecule has 35 heavy (non-hydrogen) atoms. The summed E-state index contributed by atoms with van der Waals surface area (Å²) in [7, 11) is 0. The first kappa shape index (κ1) is 25.2. The smallest absolute Gasteiger partial charge is 0.127 e. The number of hydrogen-bond acceptors (Lipinski definition) is 4. The molecule has 3 nitrogen and oxygen atoms in total. The number of aliphatic hydroxyl groups excluding tert-OH is 1. The van der Waals surface area contributed by atoms with Gasteiger partial charge in [0.2, 0.25) is 0 Å². The van der Waals surface area contributed by atoms with Gasteiger partial charge in [0.25, 0.3) is 0 Å². The molecule has 0 saturated heterocycles. The van der Waals surface area contributed by atoms with Crippen LogP contribution in [0.4, 0.5) is 0 Å². The average molecular weight is 486 g/mol. The number of nitrogens with one attached hydrogen (secondary N) is 1. The molecule has 0 bridgehead atoms. The van der Waals surface area contributed by atoms with Crippen LogP contribution in [0.2, 0.25) is 0 Å². The van der Waals surface area contributed by atoms with Crippen LogP contribution in [0.1, 0.15) is 34.4 Å². The Balaban J connectivity index is 1.36. The third kappa shape index (κ3) is 8.36. The zero-order chi connectivity index (χ0) is 24.3. The van der Waals surface area contributed by atoms with Gasteiger partial charge in [-0.05, 0) is 85.4 Å². The Bertz CT molecular complexity index is 1130. The normalized spacial score (nSPS) is 12.9. The lowest BCUT2D eigenvalue weighted by molar-refractivity contribution is 0.211. The van der Waals surface area contributed by atoms with Crippen molar-refractivity contribution in [1.82, 2.24) is 5.32 Å². The highest BCUT2D eigenvalue weighted by molar-refractivity contribution is 7.09. The maximum absolute atomic E-state index is 10.00. The van der Waals surface area contributed by atoms with Crippen LogP contribution in [0.5, 0.6) is 11.5 Å². The molecule has 2 N–H and O–H groups in total. The van der Waals surface area contributed by atoms with Crippen LogP contribution in [0, 0.1) is 12.8 Å². The highest BCUT2D eigenvalue weighted by Crippen LogP contribution is 2.23. The summed E-state index contributed by atoms with van der Waals surface area (Å²) in [5, 5.41) is 15.9. The van der Waals surface area contributed by atoms with Gasteiger partial charge in [-0.25, -0.2) is 0 Å². The Morgan fingerprint density at radius 3 is 2.34 bits per heavy atom. The summed E-state index contributed by atoms with van der Waals surface area (Å²) in [5.41, 5.74) is 3.72. The van der Waals surface area contributed by atoms with Gasteiger partial charge in [-0.1, -0.05) is 66.2 Å². The molecule has 182 valence electrons. The van der Waals surface area contributed by atoms with Gasteiger partial charge in [0.05, 0.1) is 0 Å². The zero-order valence-electron chi connectivity index (χ0n) is 20.4. The summed E-state index contributed by atoms with van der Waals surface area (Å²) in [6, 6.07) is 31.6. The summed E-state index contributed by atoms with van der Waals surface area (Å²) in [6.07, 6.45) is 3.93. The predicted octanol–water partition coefficient (Wildman–Crippen LogP) is 7.18. The maximum Gasteiger partial charge on any atom is 0.127 e. The van der Waals surface area contributed by atoms with Gasteiger partial charge in [0, 0.05) is 24.1 Å². The highest BCUT2D eigenvalue weighted by Gasteiger charge is 2.15. The molecule has 1 aromatic heterocycles. The first-order valence-electron chi connectivity index (χ1n) is 12.4. The molecule has 4 aromatic rings. The molecule has 0 aliphatic rings. The monoisotopic (exact) mass is 485 g/mol. The van der Waals surface area contributed by atoms with E-state index < -0.39 is 0 Å². The minimum absolute atomic E-state index is 0.221. The van der Waals surface area contributed by atoms with Crippen molar-refractivity contribution in [2.75, 3.05) is 6.61 Å². The molecule has 2 unspecified atom stereocenters. The van der Waals surface area contributed by atoms with Gasteiger partial charge >= 0.3 is 0 Å². The van der Waals surface area contributed by atoms with Crippen LogP contribution >= 0.6 is 11.3 Å². The summed E-state index contributed by atoms with van der Waals surface area (Å²) in [6.45, 7) is 3.08. The van der Waals surface area contributed by atoms with Crippen molar-refractivity contribution in [2.24, 2.45) is 5.92 Å². The van der Waals surface area contributed by atoms with Crippen molar-refractivity contribution in [3.05, 3.63) is 118 Å². The molecule has 0 spiro atoms. The third-order valence-electron chi connectivity index (χ3n) is 6.33. The average Bonchev–Trinajstić information content (AvgIpc) is 3.40. The number of aryl methyl sites for hydroxylation is 1. The number of hydrogen-bond donors (Lipinski definition) is 2. The van der Waals surface area contributed by atoms with E-state index in [2.05, 4.69) is 84.4 Å². The summed E-state index contributed by atoms with van der Waals surface area (Å²) in [4.78, 5) is 1.39. The lowest BCUT2D eigenvalue weighted by Gasteiger charge is -2.22. The second-order valence-corrected chi connectivity index (χ2v) is 10.3. The summed E-state index contributed by atoms with van der Waals surface area (Å²) < 4.78 is 6.06. The molecule has 0 saturated carbocycles. The van der Waals surface area contributed by atoms with E-state index in [0.717, 1.165) is 43.7 Å². The standard InChI is InChI=1S/C31H35NO2S/c1-24-12-16-29(17-13-24)34-30-10-5-9-26(20-30)22-32-28(21-31-11-6-18-35-31)15-14-27(23-33)19-25-7-3-2-4-8-25/h2-13,16-18,20,27-28,32-33H,14-15,19,21-23H2,1H3. The van der Waals surface area contributed by atoms with E-state index >= 15 is 0 Å². The molecule has 0 amide bonds. The summed E-state index contributed by atoms with van der Waals surface area (Å²) in [5.74, 6) is 1.98. The Kier molecular flexibility index (Phi) is 9.53. The van der Waals surface area contributed by atoms with Crippen molar-refractivity contribution < 1.29 is 9.84 Å². The molecule has 2 atom stereocenters. The van der Waals surface area contributed by atoms with Crippen molar-refractivity contribution in [3.63, 3.8) is 0 Å². The van der Waals surface area contributed by atoms with E-state index in [4.69, 9.17) is 4.74 Å². The van der Waals surface area contributed by atoms with Gasteiger partial charge in [-0.3, -0.25) is 0 Å². The second kappa shape index (κ2) is 13.2. The van der Waals surface area contributed by atoms with E-state index in [-0.39, 0.29) is 12.5 Å². The Morgan fingerprint density at radius 1 is 0.800 bits per heavy atom. The first-order chi connectivity index (χ1) is 17.2. The molecule has 4 rings (SSSR count). The lowest BCUT2D eigenvalue weighted by Crippen LogP contribution is -2.31. The Morgan fingerprint density at radius 2 is 1.60 bits per heavy atom. The lowest BCUT2D eigenvalue weighted by atomic mass is 9.92. The van der Waals surface area contributed by atoms with E-state index in [1.54, 1.807) is 0 Å². The van der Waals surface area contributed by atoms with Crippen LogP contribution in [-0.4, -0.2) is 17.8 Å². The van der Waals surface area contributed by atoms with E-state index in [0.29, 0.717) is 6.04 Å². The fourth-order valence-electron chi connectivity index (χ4n) is 4.31. The number of thiophene rings is 1. The Labute approximate surface area is 213 Å². The quantitative estimate of drug-likeness (QED) is 0.211. The molecule has 4 heteroatoms. The van der Waals surface area contributed by atoms with Gasteiger partial charge in [0.15, 0.2) is 0 Å². The highest BCUT2D eigenvalue weighted by atomic mass is 32.1. The molecule has 3 aromatic carbocycles. The molecule has 0 fully saturated rings. The molecular formula is C31H35NO2S. The molecule has 0 radical (unpaired) electrons. The van der Waals surface area contributed by atoms with Crippen molar-refractivity contribution in [1.29, 1.82) is 0 Å². The maximum atomic E-state index is 10.00. The number of aliphatic hydroxyl groups is 1. The van der Waals surface area contributed by atoms with Crippen LogP contribution in [0.25, 0.3) is 0 Å². The fraction of sp³-hybridized carbons (Fsp3) is 0.290. The van der Waals surface area contributed by atoms with Crippen molar-refractivity contribution in [2.45, 2.75) is 45.2 Å². The molecule has 1 heterocycles. The topological polar surface area (TPSA) is 41.5 Å². The first-order valence-corrected chi connectivity index (χ1v) is 13.3. The van der Waals surface area contributed by atoms with Crippen LogP contribution in [0.15, 0.2) is 96.4 Å². The third-order valence-corrected chi connectivity index (χ3v) is 7.23. The van der Waals surface area contributed by atoms with Crippen LogP contribution < -0.4 is 10.1 Å². The number of benzene rings is 3. The minimum atomic E-state index is 0.221. The minimum Gasteiger partial charge on any atom is -0.457 e. The fourth-order valence-corrected chi connectivity index (χ4v) is 5.10. The second-order valence-electron chi connectivity index (χ2n) is 9.24. The molecule has 0 aliphatic carbocycles. The number of ether oxygens (including phenoxy) is 1. The van der Waals surface area contributed by atoms with Gasteiger partial charge in [-0.15, -0.1) is 11.3 Å². The van der Waals surface area contributed by atoms with E-state index in [1.807, 2.05) is 35.6 Å². The largest absolute Gasteiger partial charge is 0.457 e. The summed E-state index contributed by atoms with van der Waals surface area (Å²) >= 11 is 1.81. The van der Waals surface area contributed by atoms with Gasteiger partial charge in [-0.2, -0.15) is 0 Å². The Hall–Kier alpha value is -2.92. The van der Waals surface area contributed by atoms with Gasteiger partial charge in [0.1, 0.15) is 11.5 Å².